The fourth-order valence-electron chi connectivity index (χ4n) is 4.57. The Morgan fingerprint density at radius 2 is 1.32 bits per heavy atom. The standard InChI is InChI=1S/C28H30N4O9/c1-40-27(38)31(15-33,16-34)21-10-6-7-19(13-21)25-29-24-12-11-22(32(17-35,18-36)28(39)41-2)14-23(24)26(37)30(25)20-8-4-3-5-9-20/h3-14,33-36H,15-18H2,1-2H3/q+2. The molecular weight excluding hydrogens is 536 g/mol. The van der Waals surface area contributed by atoms with Gasteiger partial charge in [0.1, 0.15) is 17.2 Å². The van der Waals surface area contributed by atoms with Gasteiger partial charge in [-0.3, -0.25) is 9.36 Å². The molecule has 4 N–H and O–H groups in total. The van der Waals surface area contributed by atoms with Crippen molar-refractivity contribution in [2.75, 3.05) is 41.1 Å². The predicted octanol–water partition coefficient (Wildman–Crippen LogP) is 2.00. The second-order valence-electron chi connectivity index (χ2n) is 9.10. The topological polar surface area (TPSA) is 168 Å². The number of ether oxygens (including phenoxy) is 2. The van der Waals surface area contributed by atoms with Gasteiger partial charge in [0, 0.05) is 23.8 Å². The number of rotatable bonds is 8. The minimum absolute atomic E-state index is 0.0879. The lowest BCUT2D eigenvalue weighted by atomic mass is 10.1. The van der Waals surface area contributed by atoms with E-state index in [0.29, 0.717) is 11.3 Å². The SMILES string of the molecule is COC(=O)[N+](CO)(CO)c1cccc(-c2nc3ccc([N+](CO)(CO)C(=O)OC)cc3c(=O)n2-c2ccccc2)c1. The Morgan fingerprint density at radius 1 is 0.756 bits per heavy atom. The number of fused-ring (bicyclic) bond motifs is 1. The number of quaternary nitrogens is 2. The second kappa shape index (κ2) is 11.9. The zero-order valence-electron chi connectivity index (χ0n) is 22.4. The molecule has 0 aliphatic rings. The quantitative estimate of drug-likeness (QED) is 0.183. The van der Waals surface area contributed by atoms with Crippen LogP contribution in [0.1, 0.15) is 0 Å². The molecule has 41 heavy (non-hydrogen) atoms. The molecule has 2 amide bonds. The van der Waals surface area contributed by atoms with Crippen molar-refractivity contribution < 1.29 is 39.5 Å². The molecule has 0 fully saturated rings. The molecule has 4 rings (SSSR count). The first-order valence-electron chi connectivity index (χ1n) is 12.3. The van der Waals surface area contributed by atoms with Gasteiger partial charge in [-0.15, -0.1) is 8.97 Å². The lowest BCUT2D eigenvalue weighted by Crippen LogP contribution is -2.55. The summed E-state index contributed by atoms with van der Waals surface area (Å²) in [5.41, 5.74) is 0.842. The molecule has 214 valence electrons. The van der Waals surface area contributed by atoms with E-state index in [4.69, 9.17) is 14.5 Å². The summed E-state index contributed by atoms with van der Waals surface area (Å²) in [6, 6.07) is 19.2. The summed E-state index contributed by atoms with van der Waals surface area (Å²) in [6.07, 6.45) is -1.83. The number of hydrogen-bond donors (Lipinski definition) is 4. The van der Waals surface area contributed by atoms with Crippen molar-refractivity contribution >= 4 is 34.5 Å². The van der Waals surface area contributed by atoms with E-state index in [1.165, 1.54) is 34.9 Å². The van der Waals surface area contributed by atoms with E-state index >= 15 is 0 Å². The Balaban J connectivity index is 2.04. The van der Waals surface area contributed by atoms with Crippen molar-refractivity contribution in [3.63, 3.8) is 0 Å². The molecule has 0 unspecified atom stereocenters. The van der Waals surface area contributed by atoms with Crippen LogP contribution in [0.4, 0.5) is 21.0 Å². The number of aliphatic hydroxyl groups excluding tert-OH is 4. The van der Waals surface area contributed by atoms with E-state index in [-0.39, 0.29) is 28.1 Å². The largest absolute Gasteiger partial charge is 0.524 e. The van der Waals surface area contributed by atoms with E-state index in [1.807, 2.05) is 0 Å². The van der Waals surface area contributed by atoms with E-state index in [9.17, 15) is 34.8 Å². The Labute approximate surface area is 234 Å². The molecule has 4 aromatic rings. The van der Waals surface area contributed by atoms with E-state index in [0.717, 1.165) is 14.2 Å². The van der Waals surface area contributed by atoms with Crippen LogP contribution in [0, 0.1) is 0 Å². The number of aliphatic hydroxyl groups is 4. The molecule has 0 radical (unpaired) electrons. The fraction of sp³-hybridized carbons (Fsp3) is 0.214. The summed E-state index contributed by atoms with van der Waals surface area (Å²) in [5.74, 6) is 0.181. The van der Waals surface area contributed by atoms with Crippen LogP contribution in [-0.4, -0.2) is 83.3 Å². The van der Waals surface area contributed by atoms with Crippen molar-refractivity contribution in [1.29, 1.82) is 0 Å². The third-order valence-electron chi connectivity index (χ3n) is 6.97. The van der Waals surface area contributed by atoms with E-state index in [2.05, 4.69) is 0 Å². The predicted molar refractivity (Wildman–Crippen MR) is 150 cm³/mol. The molecule has 0 saturated carbocycles. The molecule has 0 saturated heterocycles. The Morgan fingerprint density at radius 3 is 1.85 bits per heavy atom. The zero-order valence-corrected chi connectivity index (χ0v) is 22.4. The second-order valence-corrected chi connectivity index (χ2v) is 9.10. The highest BCUT2D eigenvalue weighted by atomic mass is 16.6. The smallest absolute Gasteiger partial charge is 0.423 e. The maximum absolute atomic E-state index is 14.1. The fourth-order valence-corrected chi connectivity index (χ4v) is 4.57. The van der Waals surface area contributed by atoms with Gasteiger partial charge < -0.3 is 29.9 Å². The van der Waals surface area contributed by atoms with Crippen molar-refractivity contribution in [1.82, 2.24) is 18.5 Å². The minimum Gasteiger partial charge on any atom is -0.423 e. The summed E-state index contributed by atoms with van der Waals surface area (Å²) in [5, 5.41) is 40.3. The van der Waals surface area contributed by atoms with Crippen LogP contribution in [0.5, 0.6) is 0 Å². The molecule has 1 heterocycles. The molecule has 0 bridgehead atoms. The first kappa shape index (κ1) is 29.5. The van der Waals surface area contributed by atoms with Crippen LogP contribution in [0.15, 0.2) is 77.6 Å². The van der Waals surface area contributed by atoms with Crippen molar-refractivity contribution in [3.05, 3.63) is 83.2 Å². The average Bonchev–Trinajstić information content (AvgIpc) is 3.03. The van der Waals surface area contributed by atoms with E-state index < -0.39 is 53.6 Å². The molecule has 0 spiro atoms. The monoisotopic (exact) mass is 566 g/mol. The van der Waals surface area contributed by atoms with E-state index in [1.54, 1.807) is 42.5 Å². The number of para-hydroxylation sites is 1. The third-order valence-corrected chi connectivity index (χ3v) is 6.97. The molecule has 3 aromatic carbocycles. The van der Waals surface area contributed by atoms with Gasteiger partial charge >= 0.3 is 12.2 Å². The van der Waals surface area contributed by atoms with Crippen molar-refractivity contribution in [3.8, 4) is 17.1 Å². The van der Waals surface area contributed by atoms with Crippen LogP contribution >= 0.6 is 0 Å². The molecule has 13 nitrogen and oxygen atoms in total. The Hall–Kier alpha value is -4.50. The van der Waals surface area contributed by atoms with Crippen LogP contribution in [0.3, 0.4) is 0 Å². The lowest BCUT2D eigenvalue weighted by molar-refractivity contribution is 0.0288. The van der Waals surface area contributed by atoms with Gasteiger partial charge in [0.2, 0.25) is 0 Å². The van der Waals surface area contributed by atoms with Gasteiger partial charge in [0.05, 0.1) is 30.8 Å². The highest BCUT2D eigenvalue weighted by Crippen LogP contribution is 2.32. The first-order chi connectivity index (χ1) is 19.8. The number of methoxy groups -OCH3 is 2. The molecule has 0 aliphatic heterocycles. The van der Waals surface area contributed by atoms with Gasteiger partial charge in [-0.05, 0) is 24.3 Å². The highest BCUT2D eigenvalue weighted by molar-refractivity contribution is 5.89. The first-order valence-corrected chi connectivity index (χ1v) is 12.3. The van der Waals surface area contributed by atoms with Gasteiger partial charge in [0.15, 0.2) is 26.9 Å². The van der Waals surface area contributed by atoms with Crippen LogP contribution in [-0.2, 0) is 9.47 Å². The summed E-state index contributed by atoms with van der Waals surface area (Å²) in [6.45, 7) is -3.23. The Kier molecular flexibility index (Phi) is 8.58. The zero-order chi connectivity index (χ0) is 29.8. The number of carbonyl (C=O) groups excluding carboxylic acids is 2. The summed E-state index contributed by atoms with van der Waals surface area (Å²) >= 11 is 0. The maximum Gasteiger partial charge on any atom is 0.524 e. The number of amides is 2. The number of hydrogen-bond acceptors (Lipinski definition) is 10. The van der Waals surface area contributed by atoms with Gasteiger partial charge in [-0.25, -0.2) is 4.98 Å². The molecular formula is C28H30N4O9+2. The summed E-state index contributed by atoms with van der Waals surface area (Å²) in [7, 11) is 2.26. The normalized spacial score (nSPS) is 11.9. The van der Waals surface area contributed by atoms with Gasteiger partial charge in [0.25, 0.3) is 5.56 Å². The van der Waals surface area contributed by atoms with Gasteiger partial charge in [-0.2, -0.15) is 9.59 Å². The highest BCUT2D eigenvalue weighted by Gasteiger charge is 2.41. The van der Waals surface area contributed by atoms with Crippen LogP contribution in [0.25, 0.3) is 28.0 Å². The van der Waals surface area contributed by atoms with Crippen molar-refractivity contribution in [2.24, 2.45) is 0 Å². The molecule has 0 aliphatic carbocycles. The molecule has 0 atom stereocenters. The maximum atomic E-state index is 14.1. The number of aromatic nitrogens is 2. The molecule has 1 aromatic heterocycles. The third kappa shape index (κ3) is 4.86. The summed E-state index contributed by atoms with van der Waals surface area (Å²) in [4.78, 5) is 43.9. The number of benzene rings is 3. The Bertz CT molecular complexity index is 1630. The van der Waals surface area contributed by atoms with Crippen LogP contribution in [0.2, 0.25) is 0 Å². The number of nitrogens with zero attached hydrogens (tertiary/aromatic N) is 4. The average molecular weight is 567 g/mol. The van der Waals surface area contributed by atoms with Crippen molar-refractivity contribution in [2.45, 2.75) is 0 Å². The minimum atomic E-state index is -0.989. The number of carbonyl (C=O) groups is 2. The lowest BCUT2D eigenvalue weighted by Gasteiger charge is -2.29. The van der Waals surface area contributed by atoms with Crippen LogP contribution < -0.4 is 14.5 Å². The summed E-state index contributed by atoms with van der Waals surface area (Å²) < 4.78 is 9.02. The molecule has 13 heteroatoms. The van der Waals surface area contributed by atoms with Gasteiger partial charge in [-0.1, -0.05) is 30.3 Å².